The van der Waals surface area contributed by atoms with Crippen molar-refractivity contribution in [3.63, 3.8) is 0 Å². The fraction of sp³-hybridized carbons (Fsp3) is 0.453. The number of primary amides is 1. The standard InChI is InChI=1S/C64H79FN12O11S2/c1-38-59(83)73-50(30-39-15-18-45(78)19-16-39)63(87)77-27-8-14-54(77)62(86)75-52(58(67)82)37-90-36-41-10-6-9-40(29-41)35-89-28-23-57(81)71-48(12-2-4-24-66)55(79)21-22-56(80)72-49(31-42-34-69-47-20-17-43(65)32-46(42)47)60(84)74-51(33-44-11-3-5-25-68-44)64(88)76-26-7-13-53(76)61(85)70-38/h3,5-6,9-11,15-20,25,29,32,34,38,48-54,69,78H,2,4,7-8,12-14,21-24,26-28,30-31,33,35-37,66H2,1H3,(H2,67,82)(H,70,85)(H,71,81)(H,72,80)(H,73,83)(H,74,84)(H,75,86)/t38-,48-,49-,50-,51-,52-,53-,54-/m0/s1. The number of rotatable bonds is 11. The van der Waals surface area contributed by atoms with Crippen LogP contribution in [0.2, 0.25) is 0 Å². The number of hydrogen-bond donors (Lipinski definition) is 10. The van der Waals surface area contributed by atoms with Crippen molar-refractivity contribution in [1.29, 1.82) is 0 Å². The number of nitrogens with zero attached hydrogens (tertiary/aromatic N) is 3. The number of aromatic amines is 1. The number of nitrogens with two attached hydrogens (primary N) is 2. The van der Waals surface area contributed by atoms with E-state index in [1.54, 1.807) is 36.5 Å². The van der Waals surface area contributed by atoms with E-state index in [1.807, 2.05) is 24.3 Å². The van der Waals surface area contributed by atoms with Gasteiger partial charge in [0.1, 0.15) is 53.9 Å². The van der Waals surface area contributed by atoms with Crippen molar-refractivity contribution >= 4 is 93.4 Å². The Morgan fingerprint density at radius 1 is 0.667 bits per heavy atom. The number of phenols is 1. The second-order valence-electron chi connectivity index (χ2n) is 22.9. The smallest absolute Gasteiger partial charge is 0.246 e. The first-order valence-electron chi connectivity index (χ1n) is 30.4. The van der Waals surface area contributed by atoms with Gasteiger partial charge in [0.25, 0.3) is 0 Å². The molecular weight excluding hydrogens is 1200 g/mol. The average molecular weight is 1280 g/mol. The third-order valence-corrected chi connectivity index (χ3v) is 18.3. The first kappa shape index (κ1) is 67.6. The minimum Gasteiger partial charge on any atom is -0.508 e. The van der Waals surface area contributed by atoms with Crippen LogP contribution in [0, 0.1) is 5.82 Å². The van der Waals surface area contributed by atoms with Crippen molar-refractivity contribution in [3.05, 3.63) is 131 Å². The first-order chi connectivity index (χ1) is 43.3. The van der Waals surface area contributed by atoms with Crippen LogP contribution in [0.25, 0.3) is 10.9 Å². The molecular formula is C64H79FN12O11S2. The van der Waals surface area contributed by atoms with Crippen molar-refractivity contribution in [3.8, 4) is 5.75 Å². The lowest BCUT2D eigenvalue weighted by molar-refractivity contribution is -0.143. The number of pyridine rings is 1. The molecule has 0 spiro atoms. The largest absolute Gasteiger partial charge is 0.508 e. The summed E-state index contributed by atoms with van der Waals surface area (Å²) in [5.74, 6) is -5.43. The number of unbranched alkanes of at least 4 members (excludes halogenated alkanes) is 1. The molecule has 2 bridgehead atoms. The first-order valence-corrected chi connectivity index (χ1v) is 32.7. The molecule has 2 aromatic heterocycles. The van der Waals surface area contributed by atoms with Crippen LogP contribution in [0.3, 0.4) is 0 Å². The number of hydrogen-bond acceptors (Lipinski definition) is 15. The maximum absolute atomic E-state index is 15.0. The van der Waals surface area contributed by atoms with Gasteiger partial charge < -0.3 is 63.3 Å². The molecule has 90 heavy (non-hydrogen) atoms. The van der Waals surface area contributed by atoms with Crippen LogP contribution >= 0.6 is 23.5 Å². The highest BCUT2D eigenvalue weighted by molar-refractivity contribution is 7.98. The molecule has 2 saturated heterocycles. The Labute approximate surface area is 529 Å². The van der Waals surface area contributed by atoms with Crippen LogP contribution in [0.4, 0.5) is 4.39 Å². The molecule has 8 rings (SSSR count). The highest BCUT2D eigenvalue weighted by Gasteiger charge is 2.42. The SMILES string of the molecule is C[C@@H]1NC(=O)[C@@H]2CCCN2C(=O)[C@H](Cc2ccccn2)NC(=O)[C@H](Cc2c[nH]c3ccc(F)cc23)NC(=O)CCC(=O)[C@H](CCCCN)NC(=O)CCSCc2cccc(c2)CSC[C@@H](C(N)=O)NC(=O)[C@@H]2CCCN2C(=O)[C@H](Cc2ccc(O)cc2)NC1=O. The molecule has 23 nitrogen and oxygen atoms in total. The van der Waals surface area contributed by atoms with Gasteiger partial charge >= 0.3 is 0 Å². The molecule has 3 aromatic carbocycles. The number of carbonyl (C=O) groups excluding carboxylic acids is 10. The molecule has 5 aromatic rings. The molecule has 0 radical (unpaired) electrons. The van der Waals surface area contributed by atoms with E-state index in [1.165, 1.54) is 76.8 Å². The van der Waals surface area contributed by atoms with Gasteiger partial charge in [0.05, 0.1) is 6.04 Å². The second kappa shape index (κ2) is 32.9. The van der Waals surface area contributed by atoms with E-state index in [9.17, 15) is 57.4 Å². The van der Waals surface area contributed by atoms with Crippen LogP contribution in [0.1, 0.15) is 99.1 Å². The molecule has 5 heterocycles. The molecule has 12 N–H and O–H groups in total. The fourth-order valence-corrected chi connectivity index (χ4v) is 13.3. The Morgan fingerprint density at radius 2 is 1.32 bits per heavy atom. The minimum absolute atomic E-state index is 0.0332. The molecule has 26 heteroatoms. The average Bonchev–Trinajstić information content (AvgIpc) is 2.87. The quantitative estimate of drug-likeness (QED) is 0.0851. The number of benzene rings is 3. The summed E-state index contributed by atoms with van der Waals surface area (Å²) >= 11 is 2.89. The summed E-state index contributed by atoms with van der Waals surface area (Å²) in [5.41, 5.74) is 15.5. The number of fused-ring (bicyclic) bond motifs is 5. The number of aromatic hydroxyl groups is 1. The summed E-state index contributed by atoms with van der Waals surface area (Å²) in [5, 5.41) is 27.2. The lowest BCUT2D eigenvalue weighted by Crippen LogP contribution is -2.60. The Kier molecular flexibility index (Phi) is 24.7. The van der Waals surface area contributed by atoms with E-state index in [0.29, 0.717) is 77.2 Å². The highest BCUT2D eigenvalue weighted by atomic mass is 32.2. The molecule has 8 atom stereocenters. The number of halogens is 1. The predicted molar refractivity (Wildman–Crippen MR) is 338 cm³/mol. The van der Waals surface area contributed by atoms with Crippen LogP contribution in [0.5, 0.6) is 5.75 Å². The number of thioether (sulfide) groups is 2. The zero-order valence-electron chi connectivity index (χ0n) is 50.2. The van der Waals surface area contributed by atoms with Crippen molar-refractivity contribution < 1.29 is 57.4 Å². The van der Waals surface area contributed by atoms with E-state index in [4.69, 9.17) is 11.5 Å². The van der Waals surface area contributed by atoms with Gasteiger partial charge in [-0.2, -0.15) is 23.5 Å². The third-order valence-electron chi connectivity index (χ3n) is 16.2. The zero-order valence-corrected chi connectivity index (χ0v) is 51.9. The molecule has 480 valence electrons. The Bertz CT molecular complexity index is 3380. The molecule has 3 aliphatic heterocycles. The number of phenolic OH excluding ortho intramolecular Hbond substituents is 1. The van der Waals surface area contributed by atoms with E-state index in [0.717, 1.165) is 11.1 Å². The number of aromatic nitrogens is 2. The Morgan fingerprint density at radius 3 is 2.00 bits per heavy atom. The number of carbonyl (C=O) groups is 10. The third kappa shape index (κ3) is 19.1. The molecule has 9 amide bonds. The lowest BCUT2D eigenvalue weighted by atomic mass is 10.0. The number of Topliss-reactive ketones (excluding diaryl/α,β-unsaturated/α-hetero) is 1. The summed E-state index contributed by atoms with van der Waals surface area (Å²) in [6.45, 7) is 2.00. The zero-order chi connectivity index (χ0) is 64.3. The van der Waals surface area contributed by atoms with Crippen molar-refractivity contribution in [1.82, 2.24) is 51.7 Å². The Balaban J connectivity index is 1.06. The van der Waals surface area contributed by atoms with Gasteiger partial charge in [-0.1, -0.05) is 42.5 Å². The van der Waals surface area contributed by atoms with Gasteiger partial charge in [-0.3, -0.25) is 52.9 Å². The maximum atomic E-state index is 15.0. The van der Waals surface area contributed by atoms with Crippen LogP contribution in [-0.4, -0.2) is 163 Å². The molecule has 2 fully saturated rings. The van der Waals surface area contributed by atoms with Gasteiger partial charge in [-0.05, 0) is 123 Å². The molecule has 3 aliphatic rings. The molecule has 0 aliphatic carbocycles. The van der Waals surface area contributed by atoms with Gasteiger partial charge in [0, 0.05) is 104 Å². The normalized spacial score (nSPS) is 24.0. The van der Waals surface area contributed by atoms with E-state index >= 15 is 0 Å². The van der Waals surface area contributed by atoms with Crippen molar-refractivity contribution in [2.24, 2.45) is 11.5 Å². The number of H-pyrrole nitrogens is 1. The van der Waals surface area contributed by atoms with Crippen LogP contribution in [-0.2, 0) is 78.7 Å². The monoisotopic (exact) mass is 1270 g/mol. The maximum Gasteiger partial charge on any atom is 0.246 e. The fourth-order valence-electron chi connectivity index (χ4n) is 11.4. The van der Waals surface area contributed by atoms with E-state index in [-0.39, 0.29) is 88.3 Å². The van der Waals surface area contributed by atoms with Gasteiger partial charge in [-0.25, -0.2) is 4.39 Å². The highest BCUT2D eigenvalue weighted by Crippen LogP contribution is 2.26. The van der Waals surface area contributed by atoms with E-state index in [2.05, 4.69) is 41.9 Å². The Hall–Kier alpha value is -8.36. The summed E-state index contributed by atoms with van der Waals surface area (Å²) in [7, 11) is 0. The number of ketones is 1. The summed E-state index contributed by atoms with van der Waals surface area (Å²) < 4.78 is 14.7. The van der Waals surface area contributed by atoms with Gasteiger partial charge in [-0.15, -0.1) is 0 Å². The summed E-state index contributed by atoms with van der Waals surface area (Å²) in [6, 6.07) is 13.4. The number of amides is 9. The lowest BCUT2D eigenvalue weighted by Gasteiger charge is -2.31. The van der Waals surface area contributed by atoms with Crippen molar-refractivity contribution in [2.45, 2.75) is 150 Å². The summed E-state index contributed by atoms with van der Waals surface area (Å²) in [6.07, 6.45) is 4.67. The van der Waals surface area contributed by atoms with Gasteiger partial charge in [0.15, 0.2) is 5.78 Å². The number of nitrogens with one attached hydrogen (secondary N) is 7. The summed E-state index contributed by atoms with van der Waals surface area (Å²) in [4.78, 5) is 152. The van der Waals surface area contributed by atoms with Crippen LogP contribution < -0.4 is 43.4 Å². The molecule has 0 saturated carbocycles. The van der Waals surface area contributed by atoms with Crippen LogP contribution in [0.15, 0.2) is 97.3 Å². The predicted octanol–water partition coefficient (Wildman–Crippen LogP) is 2.88. The minimum atomic E-state index is -1.40. The van der Waals surface area contributed by atoms with E-state index < -0.39 is 107 Å². The second-order valence-corrected chi connectivity index (χ2v) is 25.1. The molecule has 0 unspecified atom stereocenters. The van der Waals surface area contributed by atoms with Gasteiger partial charge in [0.2, 0.25) is 53.2 Å². The topological polar surface area (TPSA) is 350 Å². The van der Waals surface area contributed by atoms with Crippen molar-refractivity contribution in [2.75, 3.05) is 31.1 Å².